The number of amides is 1. The third-order valence-electron chi connectivity index (χ3n) is 3.08. The van der Waals surface area contributed by atoms with Crippen molar-refractivity contribution in [2.45, 2.75) is 32.4 Å². The van der Waals surface area contributed by atoms with Gasteiger partial charge >= 0.3 is 6.09 Å². The first kappa shape index (κ1) is 16.9. The molecule has 1 aliphatic heterocycles. The number of Topliss-reactive ketones (excluding diaryl/α,β-unsaturated/α-hetero) is 1. The first-order valence-corrected chi connectivity index (χ1v) is 7.67. The van der Waals surface area contributed by atoms with Gasteiger partial charge in [0.2, 0.25) is 5.78 Å². The summed E-state index contributed by atoms with van der Waals surface area (Å²) >= 11 is 3.20. The van der Waals surface area contributed by atoms with Gasteiger partial charge in [0.1, 0.15) is 17.3 Å². The molecule has 1 saturated heterocycles. The highest BCUT2D eigenvalue weighted by molar-refractivity contribution is 9.10. The molecule has 0 N–H and O–H groups in total. The van der Waals surface area contributed by atoms with Crippen molar-refractivity contribution in [3.05, 3.63) is 10.3 Å². The predicted molar refractivity (Wildman–Crippen MR) is 80.6 cm³/mol. The standard InChI is InChI=1S/C13H19BrN4O4/c1-13(2,3)22-12(20)18-5-6-21-7-8(18)10(19)9-11(14)15-16-17(9)4/h8H,5-7H2,1-4H3. The van der Waals surface area contributed by atoms with Crippen molar-refractivity contribution in [3.63, 3.8) is 0 Å². The number of nitrogens with zero attached hydrogens (tertiary/aromatic N) is 4. The zero-order chi connectivity index (χ0) is 16.5. The number of hydrogen-bond donors (Lipinski definition) is 0. The third-order valence-corrected chi connectivity index (χ3v) is 3.61. The second-order valence-electron chi connectivity index (χ2n) is 5.98. The zero-order valence-electron chi connectivity index (χ0n) is 13.0. The Morgan fingerprint density at radius 1 is 1.41 bits per heavy atom. The third kappa shape index (κ3) is 3.64. The van der Waals surface area contributed by atoms with Crippen LogP contribution < -0.4 is 0 Å². The van der Waals surface area contributed by atoms with Gasteiger partial charge in [0, 0.05) is 13.6 Å². The van der Waals surface area contributed by atoms with Crippen LogP contribution in [0.3, 0.4) is 0 Å². The fourth-order valence-corrected chi connectivity index (χ4v) is 2.63. The number of aryl methyl sites for hydroxylation is 1. The van der Waals surface area contributed by atoms with Crippen molar-refractivity contribution in [3.8, 4) is 0 Å². The lowest BCUT2D eigenvalue weighted by molar-refractivity contribution is -0.0267. The second kappa shape index (κ2) is 6.33. The van der Waals surface area contributed by atoms with Crippen LogP contribution in [0, 0.1) is 0 Å². The van der Waals surface area contributed by atoms with Crippen LogP contribution in [-0.4, -0.2) is 63.2 Å². The van der Waals surface area contributed by atoms with E-state index in [-0.39, 0.29) is 12.4 Å². The molecule has 0 radical (unpaired) electrons. The topological polar surface area (TPSA) is 86.6 Å². The molecule has 0 bridgehead atoms. The van der Waals surface area contributed by atoms with Gasteiger partial charge in [0.25, 0.3) is 0 Å². The number of halogens is 1. The molecule has 2 heterocycles. The molecule has 122 valence electrons. The van der Waals surface area contributed by atoms with Crippen molar-refractivity contribution in [1.29, 1.82) is 0 Å². The van der Waals surface area contributed by atoms with E-state index in [0.29, 0.717) is 23.4 Å². The van der Waals surface area contributed by atoms with Crippen LogP contribution in [0.15, 0.2) is 4.60 Å². The van der Waals surface area contributed by atoms with Crippen molar-refractivity contribution >= 4 is 27.8 Å². The van der Waals surface area contributed by atoms with Crippen molar-refractivity contribution in [2.75, 3.05) is 19.8 Å². The molecular formula is C13H19BrN4O4. The molecule has 0 aromatic carbocycles. The molecule has 1 fully saturated rings. The van der Waals surface area contributed by atoms with Gasteiger partial charge in [-0.2, -0.15) is 0 Å². The quantitative estimate of drug-likeness (QED) is 0.727. The van der Waals surface area contributed by atoms with Gasteiger partial charge in [-0.15, -0.1) is 5.10 Å². The minimum absolute atomic E-state index is 0.121. The summed E-state index contributed by atoms with van der Waals surface area (Å²) in [5, 5.41) is 7.58. The summed E-state index contributed by atoms with van der Waals surface area (Å²) in [5.41, 5.74) is -0.332. The molecule has 9 heteroatoms. The van der Waals surface area contributed by atoms with E-state index >= 15 is 0 Å². The molecule has 0 spiro atoms. The summed E-state index contributed by atoms with van der Waals surface area (Å²) in [6, 6.07) is -0.753. The first-order valence-electron chi connectivity index (χ1n) is 6.87. The lowest BCUT2D eigenvalue weighted by Crippen LogP contribution is -2.54. The van der Waals surface area contributed by atoms with Gasteiger partial charge in [-0.05, 0) is 36.7 Å². The smallest absolute Gasteiger partial charge is 0.411 e. The van der Waals surface area contributed by atoms with Gasteiger partial charge < -0.3 is 9.47 Å². The molecule has 22 heavy (non-hydrogen) atoms. The van der Waals surface area contributed by atoms with Crippen LogP contribution >= 0.6 is 15.9 Å². The van der Waals surface area contributed by atoms with Crippen molar-refractivity contribution in [2.24, 2.45) is 7.05 Å². The van der Waals surface area contributed by atoms with E-state index in [4.69, 9.17) is 9.47 Å². The molecule has 1 amide bonds. The molecular weight excluding hydrogens is 356 g/mol. The maximum absolute atomic E-state index is 12.7. The van der Waals surface area contributed by atoms with E-state index in [1.54, 1.807) is 27.8 Å². The van der Waals surface area contributed by atoms with E-state index in [1.807, 2.05) is 0 Å². The van der Waals surface area contributed by atoms with Crippen molar-refractivity contribution < 1.29 is 19.1 Å². The molecule has 1 atom stereocenters. The average molecular weight is 375 g/mol. The van der Waals surface area contributed by atoms with Gasteiger partial charge in [-0.3, -0.25) is 9.69 Å². The molecule has 1 aromatic rings. The molecule has 8 nitrogen and oxygen atoms in total. The number of ketones is 1. The van der Waals surface area contributed by atoms with E-state index in [1.165, 1.54) is 9.58 Å². The van der Waals surface area contributed by atoms with Crippen LogP contribution in [0.5, 0.6) is 0 Å². The van der Waals surface area contributed by atoms with E-state index in [2.05, 4.69) is 26.2 Å². The molecule has 2 rings (SSSR count). The van der Waals surface area contributed by atoms with E-state index in [0.717, 1.165) is 0 Å². The fraction of sp³-hybridized carbons (Fsp3) is 0.692. The lowest BCUT2D eigenvalue weighted by Gasteiger charge is -2.35. The highest BCUT2D eigenvalue weighted by Gasteiger charge is 2.38. The second-order valence-corrected chi connectivity index (χ2v) is 6.73. The maximum Gasteiger partial charge on any atom is 0.411 e. The Labute approximate surface area is 136 Å². The minimum atomic E-state index is -0.753. The Morgan fingerprint density at radius 3 is 2.64 bits per heavy atom. The largest absolute Gasteiger partial charge is 0.444 e. The normalized spacial score (nSPS) is 19.1. The average Bonchev–Trinajstić information content (AvgIpc) is 2.75. The number of aromatic nitrogens is 3. The van der Waals surface area contributed by atoms with Gasteiger partial charge in [-0.1, -0.05) is 5.21 Å². The Morgan fingerprint density at radius 2 is 2.09 bits per heavy atom. The lowest BCUT2D eigenvalue weighted by atomic mass is 10.1. The highest BCUT2D eigenvalue weighted by atomic mass is 79.9. The van der Waals surface area contributed by atoms with Gasteiger partial charge in [0.05, 0.1) is 13.2 Å². The van der Waals surface area contributed by atoms with Crippen LogP contribution in [0.2, 0.25) is 0 Å². The molecule has 1 unspecified atom stereocenters. The molecule has 0 saturated carbocycles. The van der Waals surface area contributed by atoms with Crippen LogP contribution in [-0.2, 0) is 16.5 Å². The van der Waals surface area contributed by atoms with Crippen LogP contribution in [0.4, 0.5) is 4.79 Å². The Kier molecular flexibility index (Phi) is 4.86. The summed E-state index contributed by atoms with van der Waals surface area (Å²) in [7, 11) is 1.62. The van der Waals surface area contributed by atoms with E-state index < -0.39 is 17.7 Å². The summed E-state index contributed by atoms with van der Waals surface area (Å²) in [6.45, 7) is 6.13. The molecule has 1 aromatic heterocycles. The fourth-order valence-electron chi connectivity index (χ4n) is 2.11. The highest BCUT2D eigenvalue weighted by Crippen LogP contribution is 2.20. The minimum Gasteiger partial charge on any atom is -0.444 e. The number of carbonyl (C=O) groups is 2. The van der Waals surface area contributed by atoms with Crippen molar-refractivity contribution in [1.82, 2.24) is 19.9 Å². The number of hydrogen-bond acceptors (Lipinski definition) is 6. The Hall–Kier alpha value is -1.48. The zero-order valence-corrected chi connectivity index (χ0v) is 14.6. The Bertz CT molecular complexity index is 562. The van der Waals surface area contributed by atoms with Crippen LogP contribution in [0.25, 0.3) is 0 Å². The van der Waals surface area contributed by atoms with E-state index in [9.17, 15) is 9.59 Å². The number of rotatable bonds is 2. The monoisotopic (exact) mass is 374 g/mol. The predicted octanol–water partition coefficient (Wildman–Crippen LogP) is 1.40. The van der Waals surface area contributed by atoms with Gasteiger partial charge in [-0.25, -0.2) is 9.48 Å². The number of morpholine rings is 1. The summed E-state index contributed by atoms with van der Waals surface area (Å²) in [5.74, 6) is -0.287. The molecule has 0 aliphatic carbocycles. The Balaban J connectivity index is 2.23. The molecule has 1 aliphatic rings. The number of carbonyl (C=O) groups excluding carboxylic acids is 2. The number of ether oxygens (including phenoxy) is 2. The summed E-state index contributed by atoms with van der Waals surface area (Å²) < 4.78 is 12.4. The van der Waals surface area contributed by atoms with Crippen LogP contribution in [0.1, 0.15) is 31.3 Å². The van der Waals surface area contributed by atoms with Gasteiger partial charge in [0.15, 0.2) is 4.60 Å². The summed E-state index contributed by atoms with van der Waals surface area (Å²) in [6.07, 6.45) is -0.527. The maximum atomic E-state index is 12.7. The SMILES string of the molecule is Cn1nnc(Br)c1C(=O)C1COCCN1C(=O)OC(C)(C)C. The summed E-state index contributed by atoms with van der Waals surface area (Å²) in [4.78, 5) is 26.4. The first-order chi connectivity index (χ1) is 10.2.